The van der Waals surface area contributed by atoms with Crippen LogP contribution in [0.5, 0.6) is 0 Å². The molecule has 0 atom stereocenters. The Morgan fingerprint density at radius 1 is 1.33 bits per heavy atom. The quantitative estimate of drug-likeness (QED) is 0.603. The number of aliphatic hydroxyl groups is 1. The van der Waals surface area contributed by atoms with Crippen molar-refractivity contribution in [2.75, 3.05) is 0 Å². The summed E-state index contributed by atoms with van der Waals surface area (Å²) < 4.78 is 0. The molecular weight excluding hydrogens is 196 g/mol. The Morgan fingerprint density at radius 2 is 1.93 bits per heavy atom. The molecule has 0 amide bonds. The van der Waals surface area contributed by atoms with Gasteiger partial charge in [-0.25, -0.2) is 4.79 Å². The van der Waals surface area contributed by atoms with E-state index in [1.807, 2.05) is 30.3 Å². The lowest BCUT2D eigenvalue weighted by molar-refractivity contribution is -0.290. The van der Waals surface area contributed by atoms with Gasteiger partial charge in [-0.05, 0) is 19.4 Å². The van der Waals surface area contributed by atoms with E-state index in [9.17, 15) is 9.90 Å². The fourth-order valence-electron chi connectivity index (χ4n) is 0.827. The summed E-state index contributed by atoms with van der Waals surface area (Å²) in [7, 11) is 0. The highest BCUT2D eigenvalue weighted by Crippen LogP contribution is 2.06. The molecule has 1 rings (SSSR count). The van der Waals surface area contributed by atoms with Gasteiger partial charge in [-0.3, -0.25) is 4.89 Å². The first-order chi connectivity index (χ1) is 7.00. The molecule has 15 heavy (non-hydrogen) atoms. The molecule has 0 saturated heterocycles. The van der Waals surface area contributed by atoms with E-state index >= 15 is 0 Å². The second-order valence-corrected chi connectivity index (χ2v) is 3.68. The van der Waals surface area contributed by atoms with Gasteiger partial charge in [0.1, 0.15) is 6.61 Å². The summed E-state index contributed by atoms with van der Waals surface area (Å²) in [4.78, 5) is 20.2. The van der Waals surface area contributed by atoms with Gasteiger partial charge in [0, 0.05) is 0 Å². The topological polar surface area (TPSA) is 55.8 Å². The van der Waals surface area contributed by atoms with Crippen LogP contribution in [0.15, 0.2) is 30.3 Å². The number of hydrogen-bond donors (Lipinski definition) is 1. The third kappa shape index (κ3) is 4.10. The Balaban J connectivity index is 2.32. The van der Waals surface area contributed by atoms with E-state index in [2.05, 4.69) is 4.89 Å². The summed E-state index contributed by atoms with van der Waals surface area (Å²) in [6.07, 6.45) is 0. The van der Waals surface area contributed by atoms with Crippen LogP contribution >= 0.6 is 0 Å². The number of rotatable bonds is 4. The lowest BCUT2D eigenvalue weighted by Crippen LogP contribution is -2.33. The number of carbonyl (C=O) groups is 1. The maximum atomic E-state index is 11.1. The van der Waals surface area contributed by atoms with Crippen LogP contribution in [0, 0.1) is 0 Å². The van der Waals surface area contributed by atoms with Crippen LogP contribution < -0.4 is 0 Å². The zero-order valence-corrected chi connectivity index (χ0v) is 8.77. The highest BCUT2D eigenvalue weighted by atomic mass is 17.2. The smallest absolute Gasteiger partial charge is 0.372 e. The van der Waals surface area contributed by atoms with Crippen LogP contribution in [0.3, 0.4) is 0 Å². The van der Waals surface area contributed by atoms with E-state index < -0.39 is 11.6 Å². The Labute approximate surface area is 88.4 Å². The van der Waals surface area contributed by atoms with Crippen LogP contribution in [0.2, 0.25) is 0 Å². The molecule has 0 unspecified atom stereocenters. The van der Waals surface area contributed by atoms with E-state index in [0.717, 1.165) is 5.56 Å². The van der Waals surface area contributed by atoms with Gasteiger partial charge in [0.15, 0.2) is 5.60 Å². The molecule has 0 radical (unpaired) electrons. The normalized spacial score (nSPS) is 11.1. The monoisotopic (exact) mass is 210 g/mol. The van der Waals surface area contributed by atoms with Crippen LogP contribution in [0.4, 0.5) is 0 Å². The van der Waals surface area contributed by atoms with Crippen molar-refractivity contribution in [1.82, 2.24) is 0 Å². The molecule has 0 saturated carbocycles. The van der Waals surface area contributed by atoms with Gasteiger partial charge in [-0.1, -0.05) is 30.3 Å². The second kappa shape index (κ2) is 4.91. The van der Waals surface area contributed by atoms with Crippen molar-refractivity contribution in [2.24, 2.45) is 0 Å². The highest BCUT2D eigenvalue weighted by Gasteiger charge is 2.26. The Morgan fingerprint density at radius 3 is 2.47 bits per heavy atom. The molecule has 82 valence electrons. The van der Waals surface area contributed by atoms with Gasteiger partial charge >= 0.3 is 5.97 Å². The van der Waals surface area contributed by atoms with Crippen molar-refractivity contribution < 1.29 is 19.7 Å². The third-order valence-corrected chi connectivity index (χ3v) is 1.70. The predicted octanol–water partition coefficient (Wildman–Crippen LogP) is 1.43. The Hall–Kier alpha value is -1.39. The summed E-state index contributed by atoms with van der Waals surface area (Å²) in [6, 6.07) is 9.29. The van der Waals surface area contributed by atoms with E-state index in [1.54, 1.807) is 0 Å². The van der Waals surface area contributed by atoms with Gasteiger partial charge in [-0.15, -0.1) is 0 Å². The molecular formula is C11H14O4. The van der Waals surface area contributed by atoms with Crippen molar-refractivity contribution in [2.45, 2.75) is 26.1 Å². The minimum Gasteiger partial charge on any atom is -0.379 e. The summed E-state index contributed by atoms with van der Waals surface area (Å²) in [5.41, 5.74) is -0.641. The molecule has 0 bridgehead atoms. The average Bonchev–Trinajstić information content (AvgIpc) is 2.18. The number of benzene rings is 1. The number of carbonyl (C=O) groups excluding carboxylic acids is 1. The fraction of sp³-hybridized carbons (Fsp3) is 0.364. The zero-order valence-electron chi connectivity index (χ0n) is 8.77. The molecule has 1 aromatic carbocycles. The Bertz CT molecular complexity index is 313. The van der Waals surface area contributed by atoms with Gasteiger partial charge in [-0.2, -0.15) is 4.89 Å². The van der Waals surface area contributed by atoms with Crippen LogP contribution in [0.1, 0.15) is 19.4 Å². The average molecular weight is 210 g/mol. The molecule has 0 aliphatic rings. The van der Waals surface area contributed by atoms with E-state index in [-0.39, 0.29) is 6.61 Å². The van der Waals surface area contributed by atoms with Crippen molar-refractivity contribution in [3.8, 4) is 0 Å². The molecule has 0 aliphatic heterocycles. The predicted molar refractivity (Wildman–Crippen MR) is 53.6 cm³/mol. The van der Waals surface area contributed by atoms with Gasteiger partial charge in [0.05, 0.1) is 0 Å². The maximum absolute atomic E-state index is 11.1. The van der Waals surface area contributed by atoms with Crippen LogP contribution in [-0.2, 0) is 21.2 Å². The molecule has 0 aliphatic carbocycles. The molecule has 0 aromatic heterocycles. The van der Waals surface area contributed by atoms with E-state index in [4.69, 9.17) is 4.89 Å². The minimum absolute atomic E-state index is 0.169. The summed E-state index contributed by atoms with van der Waals surface area (Å²) in [5, 5.41) is 9.23. The van der Waals surface area contributed by atoms with Crippen molar-refractivity contribution in [3.05, 3.63) is 35.9 Å². The maximum Gasteiger partial charge on any atom is 0.372 e. The van der Waals surface area contributed by atoms with Gasteiger partial charge in [0.2, 0.25) is 0 Å². The first-order valence-corrected chi connectivity index (χ1v) is 4.60. The molecule has 1 aromatic rings. The van der Waals surface area contributed by atoms with Crippen molar-refractivity contribution in [1.29, 1.82) is 0 Å². The van der Waals surface area contributed by atoms with Gasteiger partial charge < -0.3 is 5.11 Å². The molecule has 4 heteroatoms. The van der Waals surface area contributed by atoms with Gasteiger partial charge in [0.25, 0.3) is 0 Å². The standard InChI is InChI=1S/C11H14O4/c1-11(2,13)10(12)15-14-8-9-6-4-3-5-7-9/h3-7,13H,8H2,1-2H3. The SMILES string of the molecule is CC(C)(O)C(=O)OOCc1ccccc1. The highest BCUT2D eigenvalue weighted by molar-refractivity contribution is 5.77. The summed E-state index contributed by atoms with van der Waals surface area (Å²) in [5.74, 6) is -0.807. The first-order valence-electron chi connectivity index (χ1n) is 4.60. The minimum atomic E-state index is -1.53. The van der Waals surface area contributed by atoms with E-state index in [1.165, 1.54) is 13.8 Å². The molecule has 4 nitrogen and oxygen atoms in total. The lowest BCUT2D eigenvalue weighted by Gasteiger charge is -2.13. The molecule has 1 N–H and O–H groups in total. The molecule has 0 heterocycles. The fourth-order valence-corrected chi connectivity index (χ4v) is 0.827. The largest absolute Gasteiger partial charge is 0.379 e. The van der Waals surface area contributed by atoms with Crippen LogP contribution in [-0.4, -0.2) is 16.7 Å². The van der Waals surface area contributed by atoms with Crippen LogP contribution in [0.25, 0.3) is 0 Å². The summed E-state index contributed by atoms with van der Waals surface area (Å²) >= 11 is 0. The van der Waals surface area contributed by atoms with Crippen molar-refractivity contribution >= 4 is 5.97 Å². The number of hydrogen-bond acceptors (Lipinski definition) is 4. The third-order valence-electron chi connectivity index (χ3n) is 1.70. The lowest BCUT2D eigenvalue weighted by atomic mass is 10.1. The van der Waals surface area contributed by atoms with E-state index in [0.29, 0.717) is 0 Å². The summed E-state index contributed by atoms with van der Waals surface area (Å²) in [6.45, 7) is 2.84. The first kappa shape index (κ1) is 11.7. The second-order valence-electron chi connectivity index (χ2n) is 3.68. The van der Waals surface area contributed by atoms with Crippen molar-refractivity contribution in [3.63, 3.8) is 0 Å². The Kier molecular flexibility index (Phi) is 3.82. The zero-order chi connectivity index (χ0) is 11.3. The molecule has 0 fully saturated rings. The molecule has 0 spiro atoms.